The Morgan fingerprint density at radius 3 is 2.53 bits per heavy atom. The first-order chi connectivity index (χ1) is 7.00. The summed E-state index contributed by atoms with van der Waals surface area (Å²) in [6.45, 7) is 6.36. The Labute approximate surface area is 96.4 Å². The summed E-state index contributed by atoms with van der Waals surface area (Å²) in [6, 6.07) is 5.40. The number of benzene rings is 1. The third kappa shape index (κ3) is 3.63. The van der Waals surface area contributed by atoms with Crippen molar-refractivity contribution in [3.63, 3.8) is 0 Å². The third-order valence-corrected chi connectivity index (χ3v) is 2.42. The maximum absolute atomic E-state index is 6.01. The molecular formula is C12H18ClNO. The topological polar surface area (TPSA) is 35.2 Å². The highest BCUT2D eigenvalue weighted by molar-refractivity contribution is 6.32. The van der Waals surface area contributed by atoms with E-state index < -0.39 is 0 Å². The van der Waals surface area contributed by atoms with Gasteiger partial charge in [0, 0.05) is 0 Å². The van der Waals surface area contributed by atoms with Crippen molar-refractivity contribution < 1.29 is 4.74 Å². The van der Waals surface area contributed by atoms with Crippen LogP contribution in [0.3, 0.4) is 0 Å². The van der Waals surface area contributed by atoms with Crippen LogP contribution in [-0.2, 0) is 0 Å². The van der Waals surface area contributed by atoms with E-state index in [0.29, 0.717) is 22.4 Å². The van der Waals surface area contributed by atoms with E-state index in [4.69, 9.17) is 22.1 Å². The molecule has 0 aliphatic carbocycles. The fourth-order valence-electron chi connectivity index (χ4n) is 1.56. The lowest BCUT2D eigenvalue weighted by Gasteiger charge is -2.18. The minimum Gasteiger partial charge on any atom is -0.487 e. The predicted octanol–water partition coefficient (Wildman–Crippen LogP) is 3.74. The highest BCUT2D eigenvalue weighted by Gasteiger charge is 2.11. The van der Waals surface area contributed by atoms with Crippen molar-refractivity contribution >= 4 is 17.3 Å². The van der Waals surface area contributed by atoms with Crippen molar-refractivity contribution in [3.8, 4) is 5.75 Å². The summed E-state index contributed by atoms with van der Waals surface area (Å²) in [5.41, 5.74) is 6.39. The summed E-state index contributed by atoms with van der Waals surface area (Å²) in [5, 5.41) is 0.575. The SMILES string of the molecule is CC(C)CC(C)Oc1c(N)cccc1Cl. The highest BCUT2D eigenvalue weighted by atomic mass is 35.5. The molecule has 3 heteroatoms. The van der Waals surface area contributed by atoms with Crippen LogP contribution in [0.2, 0.25) is 5.02 Å². The van der Waals surface area contributed by atoms with Crippen molar-refractivity contribution in [1.82, 2.24) is 0 Å². The number of nitrogen functional groups attached to an aromatic ring is 1. The molecule has 1 atom stereocenters. The molecule has 0 aliphatic rings. The molecule has 15 heavy (non-hydrogen) atoms. The van der Waals surface area contributed by atoms with Gasteiger partial charge in [0.25, 0.3) is 0 Å². The molecule has 0 saturated heterocycles. The molecule has 0 amide bonds. The predicted molar refractivity (Wildman–Crippen MR) is 65.4 cm³/mol. The molecule has 1 aromatic rings. The fourth-order valence-corrected chi connectivity index (χ4v) is 1.79. The molecule has 0 radical (unpaired) electrons. The van der Waals surface area contributed by atoms with Crippen LogP contribution in [0, 0.1) is 5.92 Å². The van der Waals surface area contributed by atoms with Crippen LogP contribution in [0.1, 0.15) is 27.2 Å². The van der Waals surface area contributed by atoms with E-state index in [0.717, 1.165) is 6.42 Å². The Morgan fingerprint density at radius 2 is 2.00 bits per heavy atom. The minimum absolute atomic E-state index is 0.132. The van der Waals surface area contributed by atoms with Crippen LogP contribution in [0.15, 0.2) is 18.2 Å². The summed E-state index contributed by atoms with van der Waals surface area (Å²) in [7, 11) is 0. The second kappa shape index (κ2) is 5.26. The molecule has 1 aromatic carbocycles. The molecule has 2 N–H and O–H groups in total. The molecule has 1 rings (SSSR count). The van der Waals surface area contributed by atoms with Crippen LogP contribution in [0.5, 0.6) is 5.75 Å². The number of ether oxygens (including phenoxy) is 1. The van der Waals surface area contributed by atoms with Crippen LogP contribution in [0.25, 0.3) is 0 Å². The fraction of sp³-hybridized carbons (Fsp3) is 0.500. The van der Waals surface area contributed by atoms with E-state index >= 15 is 0 Å². The van der Waals surface area contributed by atoms with Gasteiger partial charge in [-0.15, -0.1) is 0 Å². The molecule has 0 heterocycles. The van der Waals surface area contributed by atoms with Gasteiger partial charge in [-0.2, -0.15) is 0 Å². The standard InChI is InChI=1S/C12H18ClNO/c1-8(2)7-9(3)15-12-10(13)5-4-6-11(12)14/h4-6,8-9H,7,14H2,1-3H3. The lowest BCUT2D eigenvalue weighted by atomic mass is 10.1. The van der Waals surface area contributed by atoms with E-state index in [1.165, 1.54) is 0 Å². The van der Waals surface area contributed by atoms with Gasteiger partial charge < -0.3 is 10.5 Å². The molecule has 0 aromatic heterocycles. The number of halogens is 1. The highest BCUT2D eigenvalue weighted by Crippen LogP contribution is 2.32. The minimum atomic E-state index is 0.132. The van der Waals surface area contributed by atoms with E-state index in [1.54, 1.807) is 12.1 Å². The Balaban J connectivity index is 2.71. The van der Waals surface area contributed by atoms with Gasteiger partial charge in [0.15, 0.2) is 5.75 Å². The van der Waals surface area contributed by atoms with Gasteiger partial charge in [-0.3, -0.25) is 0 Å². The van der Waals surface area contributed by atoms with Gasteiger partial charge in [-0.25, -0.2) is 0 Å². The number of hydrogen-bond donors (Lipinski definition) is 1. The normalized spacial score (nSPS) is 12.9. The Morgan fingerprint density at radius 1 is 1.33 bits per heavy atom. The lowest BCUT2D eigenvalue weighted by Crippen LogP contribution is -2.15. The van der Waals surface area contributed by atoms with Crippen molar-refractivity contribution in [2.45, 2.75) is 33.3 Å². The first-order valence-corrected chi connectivity index (χ1v) is 5.59. The van der Waals surface area contributed by atoms with Crippen molar-refractivity contribution in [1.29, 1.82) is 0 Å². The number of anilines is 1. The van der Waals surface area contributed by atoms with E-state index in [2.05, 4.69) is 13.8 Å². The maximum Gasteiger partial charge on any atom is 0.161 e. The average molecular weight is 228 g/mol. The summed E-state index contributed by atoms with van der Waals surface area (Å²) in [4.78, 5) is 0. The van der Waals surface area contributed by atoms with Crippen molar-refractivity contribution in [2.24, 2.45) is 5.92 Å². The zero-order valence-corrected chi connectivity index (χ0v) is 10.2. The molecule has 0 aliphatic heterocycles. The van der Waals surface area contributed by atoms with Crippen molar-refractivity contribution in [2.75, 3.05) is 5.73 Å². The summed E-state index contributed by atoms with van der Waals surface area (Å²) in [6.07, 6.45) is 1.12. The summed E-state index contributed by atoms with van der Waals surface area (Å²) in [5.74, 6) is 1.20. The molecule has 0 fully saturated rings. The lowest BCUT2D eigenvalue weighted by molar-refractivity contribution is 0.194. The summed E-state index contributed by atoms with van der Waals surface area (Å²) >= 11 is 6.01. The van der Waals surface area contributed by atoms with Gasteiger partial charge >= 0.3 is 0 Å². The van der Waals surface area contributed by atoms with E-state index in [-0.39, 0.29) is 6.10 Å². The molecule has 0 bridgehead atoms. The van der Waals surface area contributed by atoms with Crippen LogP contribution in [0.4, 0.5) is 5.69 Å². The maximum atomic E-state index is 6.01. The average Bonchev–Trinajstić information content (AvgIpc) is 2.10. The number of nitrogens with two attached hydrogens (primary N) is 1. The molecule has 84 valence electrons. The molecule has 0 spiro atoms. The monoisotopic (exact) mass is 227 g/mol. The Bertz CT molecular complexity index is 305. The second-order valence-electron chi connectivity index (χ2n) is 4.22. The third-order valence-electron chi connectivity index (χ3n) is 2.12. The number of para-hydroxylation sites is 1. The smallest absolute Gasteiger partial charge is 0.161 e. The molecule has 0 saturated carbocycles. The van der Waals surface area contributed by atoms with Gasteiger partial charge in [-0.1, -0.05) is 31.5 Å². The number of hydrogen-bond acceptors (Lipinski definition) is 2. The van der Waals surface area contributed by atoms with Crippen LogP contribution >= 0.6 is 11.6 Å². The van der Waals surface area contributed by atoms with Gasteiger partial charge in [0.05, 0.1) is 16.8 Å². The van der Waals surface area contributed by atoms with E-state index in [1.807, 2.05) is 13.0 Å². The van der Waals surface area contributed by atoms with Crippen LogP contribution in [-0.4, -0.2) is 6.10 Å². The first-order valence-electron chi connectivity index (χ1n) is 5.21. The van der Waals surface area contributed by atoms with Gasteiger partial charge in [-0.05, 0) is 31.4 Å². The van der Waals surface area contributed by atoms with Crippen LogP contribution < -0.4 is 10.5 Å². The molecule has 2 nitrogen and oxygen atoms in total. The molecular weight excluding hydrogens is 210 g/mol. The summed E-state index contributed by atoms with van der Waals surface area (Å²) < 4.78 is 5.73. The van der Waals surface area contributed by atoms with E-state index in [9.17, 15) is 0 Å². The first kappa shape index (κ1) is 12.2. The quantitative estimate of drug-likeness (QED) is 0.796. The zero-order chi connectivity index (χ0) is 11.4. The zero-order valence-electron chi connectivity index (χ0n) is 9.46. The number of rotatable bonds is 4. The Kier molecular flexibility index (Phi) is 4.28. The molecule has 1 unspecified atom stereocenters. The Hall–Kier alpha value is -0.890. The van der Waals surface area contributed by atoms with Gasteiger partial charge in [0.2, 0.25) is 0 Å². The van der Waals surface area contributed by atoms with Crippen molar-refractivity contribution in [3.05, 3.63) is 23.2 Å². The second-order valence-corrected chi connectivity index (χ2v) is 4.62. The van der Waals surface area contributed by atoms with Gasteiger partial charge in [0.1, 0.15) is 0 Å². The largest absolute Gasteiger partial charge is 0.487 e.